The highest BCUT2D eigenvalue weighted by molar-refractivity contribution is 5.58. The number of rotatable bonds is 5. The molecule has 0 bridgehead atoms. The number of benzene rings is 2. The van der Waals surface area contributed by atoms with Crippen LogP contribution >= 0.6 is 0 Å². The van der Waals surface area contributed by atoms with Crippen LogP contribution in [-0.4, -0.2) is 41.7 Å². The largest absolute Gasteiger partial charge is 0.506 e. The van der Waals surface area contributed by atoms with Gasteiger partial charge in [-0.05, 0) is 50.9 Å². The quantitative estimate of drug-likeness (QED) is 0.903. The first-order valence-corrected chi connectivity index (χ1v) is 8.98. The molecule has 2 aromatic carbocycles. The molecule has 1 aliphatic rings. The van der Waals surface area contributed by atoms with Crippen LogP contribution in [0.25, 0.3) is 0 Å². The van der Waals surface area contributed by atoms with Crippen LogP contribution < -0.4 is 4.90 Å². The number of aromatic hydroxyl groups is 1. The molecule has 3 heteroatoms. The monoisotopic (exact) mass is 324 g/mol. The molecule has 0 amide bonds. The molecule has 1 N–H and O–H groups in total. The second-order valence-electron chi connectivity index (χ2n) is 6.92. The summed E-state index contributed by atoms with van der Waals surface area (Å²) in [5.41, 5.74) is 2.38. The summed E-state index contributed by atoms with van der Waals surface area (Å²) in [5, 5.41) is 10.1. The molecule has 0 saturated carbocycles. The molecule has 3 rings (SSSR count). The number of piperazine rings is 1. The van der Waals surface area contributed by atoms with Gasteiger partial charge in [0.15, 0.2) is 0 Å². The van der Waals surface area contributed by atoms with Gasteiger partial charge in [0.05, 0.1) is 5.69 Å². The second kappa shape index (κ2) is 7.71. The normalized spacial score (nSPS) is 21.8. The first-order valence-electron chi connectivity index (χ1n) is 8.98. The molecule has 0 unspecified atom stereocenters. The van der Waals surface area contributed by atoms with Crippen molar-refractivity contribution in [3.05, 3.63) is 60.2 Å². The van der Waals surface area contributed by atoms with E-state index in [4.69, 9.17) is 0 Å². The molecule has 2 aromatic rings. The van der Waals surface area contributed by atoms with Crippen molar-refractivity contribution in [1.82, 2.24) is 4.90 Å². The molecule has 0 radical (unpaired) electrons. The molecule has 0 aliphatic carbocycles. The van der Waals surface area contributed by atoms with Crippen molar-refractivity contribution in [2.24, 2.45) is 0 Å². The number of anilines is 1. The first-order chi connectivity index (χ1) is 11.6. The molecule has 1 saturated heterocycles. The van der Waals surface area contributed by atoms with Crippen LogP contribution in [0, 0.1) is 0 Å². The lowest BCUT2D eigenvalue weighted by Crippen LogP contribution is -2.56. The maximum atomic E-state index is 10.1. The van der Waals surface area contributed by atoms with Gasteiger partial charge in [-0.25, -0.2) is 0 Å². The van der Waals surface area contributed by atoms with Gasteiger partial charge in [-0.2, -0.15) is 0 Å². The van der Waals surface area contributed by atoms with E-state index in [1.165, 1.54) is 12.0 Å². The zero-order valence-corrected chi connectivity index (χ0v) is 14.7. The van der Waals surface area contributed by atoms with Gasteiger partial charge >= 0.3 is 0 Å². The van der Waals surface area contributed by atoms with Crippen LogP contribution in [-0.2, 0) is 6.42 Å². The van der Waals surface area contributed by atoms with E-state index in [-0.39, 0.29) is 0 Å². The number of para-hydroxylation sites is 2. The summed E-state index contributed by atoms with van der Waals surface area (Å²) in [6, 6.07) is 19.3. The van der Waals surface area contributed by atoms with Crippen LogP contribution in [0.5, 0.6) is 5.75 Å². The number of phenolic OH excluding ortho intramolecular Hbond substituents is 1. The summed E-state index contributed by atoms with van der Waals surface area (Å²) in [6.45, 7) is 7.69. The molecule has 24 heavy (non-hydrogen) atoms. The molecule has 1 heterocycles. The summed E-state index contributed by atoms with van der Waals surface area (Å²) in [7, 11) is 0. The average Bonchev–Trinajstić information content (AvgIpc) is 2.59. The lowest BCUT2D eigenvalue weighted by molar-refractivity contribution is 0.164. The molecule has 1 fully saturated rings. The summed E-state index contributed by atoms with van der Waals surface area (Å²) in [6.07, 6.45) is 2.33. The van der Waals surface area contributed by atoms with Crippen molar-refractivity contribution in [3.63, 3.8) is 0 Å². The third-order valence-electron chi connectivity index (χ3n) is 5.06. The predicted octanol–water partition coefficient (Wildman–Crippen LogP) is 3.92. The molecule has 128 valence electrons. The highest BCUT2D eigenvalue weighted by atomic mass is 16.3. The van der Waals surface area contributed by atoms with Gasteiger partial charge in [0.25, 0.3) is 0 Å². The molecule has 3 nitrogen and oxygen atoms in total. The molecule has 0 aromatic heterocycles. The second-order valence-corrected chi connectivity index (χ2v) is 6.92. The van der Waals surface area contributed by atoms with E-state index in [9.17, 15) is 5.11 Å². The van der Waals surface area contributed by atoms with Crippen LogP contribution in [0.3, 0.4) is 0 Å². The number of hydrogen-bond acceptors (Lipinski definition) is 3. The van der Waals surface area contributed by atoms with E-state index in [1.54, 1.807) is 6.07 Å². The van der Waals surface area contributed by atoms with Crippen molar-refractivity contribution in [2.45, 2.75) is 38.8 Å². The standard InChI is InChI=1S/C21H28N2O/c1-17-16-23(20-12-6-7-13-21(20)24)18(2)15-22(17)14-8-11-19-9-4-3-5-10-19/h3-7,9-10,12-13,17-18,24H,8,11,14-16H2,1-2H3/t17-,18-/m1/s1. The minimum absolute atomic E-state index is 0.383. The highest BCUT2D eigenvalue weighted by Crippen LogP contribution is 2.31. The molecular weight excluding hydrogens is 296 g/mol. The lowest BCUT2D eigenvalue weighted by atomic mass is 10.0. The Morgan fingerprint density at radius 2 is 1.62 bits per heavy atom. The molecule has 2 atom stereocenters. The summed E-state index contributed by atoms with van der Waals surface area (Å²) in [5.74, 6) is 0.383. The fourth-order valence-corrected chi connectivity index (χ4v) is 3.68. The first kappa shape index (κ1) is 16.8. The summed E-state index contributed by atoms with van der Waals surface area (Å²) in [4.78, 5) is 4.93. The number of aryl methyl sites for hydroxylation is 1. The fourth-order valence-electron chi connectivity index (χ4n) is 3.68. The minimum Gasteiger partial charge on any atom is -0.506 e. The van der Waals surface area contributed by atoms with Crippen LogP contribution in [0.4, 0.5) is 5.69 Å². The number of nitrogens with zero attached hydrogens (tertiary/aromatic N) is 2. The number of hydrogen-bond donors (Lipinski definition) is 1. The van der Waals surface area contributed by atoms with Crippen molar-refractivity contribution >= 4 is 5.69 Å². The van der Waals surface area contributed by atoms with Crippen LogP contribution in [0.15, 0.2) is 54.6 Å². The van der Waals surface area contributed by atoms with Gasteiger partial charge in [0, 0.05) is 25.2 Å². The fraction of sp³-hybridized carbons (Fsp3) is 0.429. The summed E-state index contributed by atoms with van der Waals surface area (Å²) >= 11 is 0. The van der Waals surface area contributed by atoms with Gasteiger partial charge in [-0.3, -0.25) is 4.90 Å². The van der Waals surface area contributed by atoms with Crippen LogP contribution in [0.1, 0.15) is 25.8 Å². The maximum Gasteiger partial charge on any atom is 0.138 e. The van der Waals surface area contributed by atoms with E-state index < -0.39 is 0 Å². The van der Waals surface area contributed by atoms with Gasteiger partial charge in [-0.15, -0.1) is 0 Å². The molecule has 1 aliphatic heterocycles. The van der Waals surface area contributed by atoms with Crippen molar-refractivity contribution in [2.75, 3.05) is 24.5 Å². The van der Waals surface area contributed by atoms with E-state index in [2.05, 4.69) is 54.0 Å². The van der Waals surface area contributed by atoms with Gasteiger partial charge in [0.2, 0.25) is 0 Å². The predicted molar refractivity (Wildman–Crippen MR) is 101 cm³/mol. The molecular formula is C21H28N2O. The third-order valence-corrected chi connectivity index (χ3v) is 5.06. The SMILES string of the molecule is C[C@@H]1CN(c2ccccc2O)[C@H](C)CN1CCCc1ccccc1. The van der Waals surface area contributed by atoms with Gasteiger partial charge in [0.1, 0.15) is 5.75 Å². The molecule has 0 spiro atoms. The Labute approximate surface area is 145 Å². The Bertz CT molecular complexity index is 643. The smallest absolute Gasteiger partial charge is 0.138 e. The highest BCUT2D eigenvalue weighted by Gasteiger charge is 2.29. The Morgan fingerprint density at radius 1 is 0.917 bits per heavy atom. The number of phenols is 1. The Hall–Kier alpha value is -2.00. The van der Waals surface area contributed by atoms with Gasteiger partial charge in [-0.1, -0.05) is 42.5 Å². The van der Waals surface area contributed by atoms with Crippen molar-refractivity contribution in [1.29, 1.82) is 0 Å². The summed E-state index contributed by atoms with van der Waals surface area (Å²) < 4.78 is 0. The zero-order valence-electron chi connectivity index (χ0n) is 14.7. The van der Waals surface area contributed by atoms with Crippen molar-refractivity contribution in [3.8, 4) is 5.75 Å². The Morgan fingerprint density at radius 3 is 2.38 bits per heavy atom. The zero-order chi connectivity index (χ0) is 16.9. The van der Waals surface area contributed by atoms with Crippen molar-refractivity contribution < 1.29 is 5.11 Å². The van der Waals surface area contributed by atoms with E-state index in [0.717, 1.165) is 31.7 Å². The average molecular weight is 324 g/mol. The Kier molecular flexibility index (Phi) is 5.41. The van der Waals surface area contributed by atoms with E-state index in [1.807, 2.05) is 18.2 Å². The van der Waals surface area contributed by atoms with E-state index >= 15 is 0 Å². The van der Waals surface area contributed by atoms with Crippen LogP contribution in [0.2, 0.25) is 0 Å². The third kappa shape index (κ3) is 3.90. The van der Waals surface area contributed by atoms with Gasteiger partial charge < -0.3 is 10.0 Å². The topological polar surface area (TPSA) is 26.7 Å². The van der Waals surface area contributed by atoms with E-state index in [0.29, 0.717) is 17.8 Å². The minimum atomic E-state index is 0.383. The maximum absolute atomic E-state index is 10.1. The lowest BCUT2D eigenvalue weighted by Gasteiger charge is -2.45. The Balaban J connectivity index is 1.56.